The number of carbonyl (C=O) groups excluding carboxylic acids is 1. The Balaban J connectivity index is 2.25. The lowest BCUT2D eigenvalue weighted by molar-refractivity contribution is -0.186. The fourth-order valence-electron chi connectivity index (χ4n) is 2.05. The van der Waals surface area contributed by atoms with E-state index in [4.69, 9.17) is 9.57 Å². The van der Waals surface area contributed by atoms with Crippen molar-refractivity contribution in [1.82, 2.24) is 10.0 Å². The van der Waals surface area contributed by atoms with Gasteiger partial charge in [-0.25, -0.2) is 10.0 Å². The summed E-state index contributed by atoms with van der Waals surface area (Å²) in [6.45, 7) is 6.22. The predicted molar refractivity (Wildman–Crippen MR) is 70.4 cm³/mol. The molecule has 1 saturated heterocycles. The van der Waals surface area contributed by atoms with Gasteiger partial charge in [0.25, 0.3) is 5.91 Å². The Morgan fingerprint density at radius 2 is 2.26 bits per heavy atom. The molecule has 1 aromatic heterocycles. The summed E-state index contributed by atoms with van der Waals surface area (Å²) in [5.74, 6) is 0.540. The van der Waals surface area contributed by atoms with Gasteiger partial charge in [-0.15, -0.1) is 0 Å². The Bertz CT molecular complexity index is 468. The zero-order valence-electron chi connectivity index (χ0n) is 11.8. The van der Waals surface area contributed by atoms with Gasteiger partial charge in [-0.2, -0.15) is 0 Å². The Kier molecular flexibility index (Phi) is 3.75. The van der Waals surface area contributed by atoms with Gasteiger partial charge in [0.05, 0.1) is 19.8 Å². The van der Waals surface area contributed by atoms with Crippen molar-refractivity contribution in [2.75, 3.05) is 13.7 Å². The summed E-state index contributed by atoms with van der Waals surface area (Å²) in [6, 6.07) is 3.68. The van der Waals surface area contributed by atoms with Crippen LogP contribution in [0.3, 0.4) is 0 Å². The van der Waals surface area contributed by atoms with Crippen molar-refractivity contribution in [1.29, 1.82) is 0 Å². The lowest BCUT2D eigenvalue weighted by Crippen LogP contribution is -2.38. The van der Waals surface area contributed by atoms with Crippen molar-refractivity contribution in [2.45, 2.75) is 33.2 Å². The standard InChI is InChI=1S/C14H20N2O3/c1-14(2,3)13(17)16-11(6-8-19-16)10-5-7-15-12(9-10)18-4/h5,7,9,11H,6,8H2,1-4H3/t11-/m0/s1. The van der Waals surface area contributed by atoms with Crippen LogP contribution in [0, 0.1) is 5.41 Å². The number of ether oxygens (including phenoxy) is 1. The summed E-state index contributed by atoms with van der Waals surface area (Å²) in [5, 5.41) is 1.49. The number of aromatic nitrogens is 1. The number of amides is 1. The van der Waals surface area contributed by atoms with Gasteiger partial charge in [0, 0.05) is 24.1 Å². The van der Waals surface area contributed by atoms with Crippen LogP contribution in [-0.2, 0) is 9.63 Å². The van der Waals surface area contributed by atoms with Gasteiger partial charge >= 0.3 is 0 Å². The van der Waals surface area contributed by atoms with Crippen LogP contribution in [0.4, 0.5) is 0 Å². The lowest BCUT2D eigenvalue weighted by Gasteiger charge is -2.29. The topological polar surface area (TPSA) is 51.7 Å². The molecule has 19 heavy (non-hydrogen) atoms. The molecule has 5 nitrogen and oxygen atoms in total. The zero-order chi connectivity index (χ0) is 14.0. The molecule has 0 N–H and O–H groups in total. The normalized spacial score (nSPS) is 19.6. The molecule has 1 aliphatic rings. The van der Waals surface area contributed by atoms with Gasteiger partial charge in [0.1, 0.15) is 0 Å². The van der Waals surface area contributed by atoms with Gasteiger partial charge in [-0.1, -0.05) is 20.8 Å². The fourth-order valence-corrected chi connectivity index (χ4v) is 2.05. The quantitative estimate of drug-likeness (QED) is 0.822. The third-order valence-corrected chi connectivity index (χ3v) is 3.10. The van der Waals surface area contributed by atoms with Crippen molar-refractivity contribution in [3.63, 3.8) is 0 Å². The van der Waals surface area contributed by atoms with Crippen molar-refractivity contribution in [3.05, 3.63) is 23.9 Å². The van der Waals surface area contributed by atoms with Crippen LogP contribution in [0.25, 0.3) is 0 Å². The third-order valence-electron chi connectivity index (χ3n) is 3.10. The van der Waals surface area contributed by atoms with Crippen LogP contribution >= 0.6 is 0 Å². The highest BCUT2D eigenvalue weighted by Gasteiger charge is 2.37. The first-order chi connectivity index (χ1) is 8.93. The van der Waals surface area contributed by atoms with Gasteiger partial charge in [-0.05, 0) is 11.6 Å². The van der Waals surface area contributed by atoms with E-state index < -0.39 is 5.41 Å². The molecule has 1 atom stereocenters. The molecule has 0 aliphatic carbocycles. The van der Waals surface area contributed by atoms with Gasteiger partial charge in [0.15, 0.2) is 0 Å². The number of rotatable bonds is 2. The minimum absolute atomic E-state index is 0.00854. The van der Waals surface area contributed by atoms with Gasteiger partial charge in [0.2, 0.25) is 5.88 Å². The fraction of sp³-hybridized carbons (Fsp3) is 0.571. The molecule has 2 heterocycles. The van der Waals surface area contributed by atoms with Crippen LogP contribution < -0.4 is 4.74 Å². The average molecular weight is 264 g/mol. The van der Waals surface area contributed by atoms with E-state index in [1.54, 1.807) is 13.3 Å². The Hall–Kier alpha value is -1.62. The van der Waals surface area contributed by atoms with E-state index >= 15 is 0 Å². The van der Waals surface area contributed by atoms with Crippen LogP contribution in [0.5, 0.6) is 5.88 Å². The van der Waals surface area contributed by atoms with E-state index in [0.29, 0.717) is 12.5 Å². The van der Waals surface area contributed by atoms with E-state index in [0.717, 1.165) is 12.0 Å². The zero-order valence-corrected chi connectivity index (χ0v) is 11.8. The molecule has 2 rings (SSSR count). The summed E-state index contributed by atoms with van der Waals surface area (Å²) >= 11 is 0. The molecule has 0 bridgehead atoms. The van der Waals surface area contributed by atoms with E-state index in [1.165, 1.54) is 5.06 Å². The first-order valence-corrected chi connectivity index (χ1v) is 6.40. The molecule has 0 aromatic carbocycles. The van der Waals surface area contributed by atoms with Crippen molar-refractivity contribution < 1.29 is 14.4 Å². The van der Waals surface area contributed by atoms with Gasteiger partial charge in [-0.3, -0.25) is 9.63 Å². The summed E-state index contributed by atoms with van der Waals surface area (Å²) < 4.78 is 5.12. The number of carbonyl (C=O) groups is 1. The monoisotopic (exact) mass is 264 g/mol. The van der Waals surface area contributed by atoms with Crippen molar-refractivity contribution in [3.8, 4) is 5.88 Å². The van der Waals surface area contributed by atoms with Gasteiger partial charge < -0.3 is 4.74 Å². The van der Waals surface area contributed by atoms with Crippen LogP contribution in [0.2, 0.25) is 0 Å². The van der Waals surface area contributed by atoms with Crippen LogP contribution in [0.1, 0.15) is 38.8 Å². The third kappa shape index (κ3) is 2.87. The molecule has 1 aromatic rings. The molecule has 0 unspecified atom stereocenters. The maximum absolute atomic E-state index is 12.4. The number of hydroxylamine groups is 2. The molecule has 5 heteroatoms. The SMILES string of the molecule is COc1cc([C@@H]2CCON2C(=O)C(C)(C)C)ccn1. The molecule has 1 fully saturated rings. The summed E-state index contributed by atoms with van der Waals surface area (Å²) in [5.41, 5.74) is 0.529. The van der Waals surface area contributed by atoms with Crippen LogP contribution in [0.15, 0.2) is 18.3 Å². The number of hydrogen-bond donors (Lipinski definition) is 0. The molecule has 104 valence electrons. The highest BCUT2D eigenvalue weighted by molar-refractivity contribution is 5.81. The highest BCUT2D eigenvalue weighted by Crippen LogP contribution is 2.34. The lowest BCUT2D eigenvalue weighted by atomic mass is 9.94. The summed E-state index contributed by atoms with van der Waals surface area (Å²) in [4.78, 5) is 21.9. The first-order valence-electron chi connectivity index (χ1n) is 6.40. The molecule has 0 spiro atoms. The van der Waals surface area contributed by atoms with E-state index in [9.17, 15) is 4.79 Å². The average Bonchev–Trinajstić information content (AvgIpc) is 2.85. The predicted octanol–water partition coefficient (Wildman–Crippen LogP) is 2.34. The minimum Gasteiger partial charge on any atom is -0.481 e. The molecule has 0 radical (unpaired) electrons. The largest absolute Gasteiger partial charge is 0.481 e. The van der Waals surface area contributed by atoms with Crippen molar-refractivity contribution in [2.24, 2.45) is 5.41 Å². The van der Waals surface area contributed by atoms with E-state index in [2.05, 4.69) is 4.98 Å². The highest BCUT2D eigenvalue weighted by atomic mass is 16.7. The van der Waals surface area contributed by atoms with Crippen molar-refractivity contribution >= 4 is 5.91 Å². The first kappa shape index (κ1) is 13.8. The molecule has 0 saturated carbocycles. The molecular weight excluding hydrogens is 244 g/mol. The second-order valence-corrected chi connectivity index (χ2v) is 5.65. The number of pyridine rings is 1. The van der Waals surface area contributed by atoms with Crippen LogP contribution in [-0.4, -0.2) is 29.7 Å². The second-order valence-electron chi connectivity index (χ2n) is 5.65. The van der Waals surface area contributed by atoms with E-state index in [1.807, 2.05) is 32.9 Å². The molecule has 1 amide bonds. The summed E-state index contributed by atoms with van der Waals surface area (Å²) in [6.07, 6.45) is 2.47. The Morgan fingerprint density at radius 1 is 1.53 bits per heavy atom. The molecular formula is C14H20N2O3. The Morgan fingerprint density at radius 3 is 2.89 bits per heavy atom. The molecule has 1 aliphatic heterocycles. The second kappa shape index (κ2) is 5.17. The summed E-state index contributed by atoms with van der Waals surface area (Å²) in [7, 11) is 1.58. The number of nitrogens with zero attached hydrogens (tertiary/aromatic N) is 2. The maximum Gasteiger partial charge on any atom is 0.252 e. The van der Waals surface area contributed by atoms with E-state index in [-0.39, 0.29) is 11.9 Å². The smallest absolute Gasteiger partial charge is 0.252 e. The number of methoxy groups -OCH3 is 1. The minimum atomic E-state index is -0.459. The Labute approximate surface area is 113 Å². The maximum atomic E-state index is 12.4. The number of hydrogen-bond acceptors (Lipinski definition) is 4.